The highest BCUT2D eigenvalue weighted by Crippen LogP contribution is 1.77. The maximum atomic E-state index is 3.83. The van der Waals surface area contributed by atoms with Gasteiger partial charge in [-0.3, -0.25) is 0 Å². The van der Waals surface area contributed by atoms with Crippen LogP contribution in [0.4, 0.5) is 0 Å². The topological polar surface area (TPSA) is 88.5 Å². The molecule has 0 aromatic rings. The molecule has 4 heteroatoms. The minimum absolute atomic E-state index is 1.08. The van der Waals surface area contributed by atoms with Gasteiger partial charge in [-0.15, -0.1) is 0 Å². The van der Waals surface area contributed by atoms with E-state index in [2.05, 4.69) is 22.1 Å². The van der Waals surface area contributed by atoms with E-state index in [1.165, 1.54) is 51.9 Å². The van der Waals surface area contributed by atoms with E-state index >= 15 is 0 Å². The highest BCUT2D eigenvalue weighted by Gasteiger charge is 1.94. The van der Waals surface area contributed by atoms with Crippen molar-refractivity contribution in [3.05, 3.63) is 0 Å². The van der Waals surface area contributed by atoms with Gasteiger partial charge in [-0.1, -0.05) is 0 Å². The molecular weight excluding hydrogens is 176 g/mol. The summed E-state index contributed by atoms with van der Waals surface area (Å²) in [5.41, 5.74) is 7.66. The summed E-state index contributed by atoms with van der Waals surface area (Å²) in [5, 5.41) is 4.84. The summed E-state index contributed by atoms with van der Waals surface area (Å²) in [6, 6.07) is 0. The molecule has 0 unspecified atom stereocenters. The van der Waals surface area contributed by atoms with Crippen molar-refractivity contribution < 1.29 is 22.1 Å². The van der Waals surface area contributed by atoms with Crippen molar-refractivity contribution in [2.24, 2.45) is 0 Å². The molecule has 0 spiro atoms. The average Bonchev–Trinajstić information content (AvgIpc) is 2.21. The molecule has 0 aromatic carbocycles. The number of quaternary nitrogens is 4. The zero-order chi connectivity index (χ0) is 10.5. The number of nitrogens with two attached hydrogens (primary N) is 2. The third kappa shape index (κ3) is 11.8. The lowest BCUT2D eigenvalue weighted by Gasteiger charge is -2.00. The van der Waals surface area contributed by atoms with Crippen LogP contribution in [0.1, 0.15) is 25.7 Å². The molecule has 0 bridgehead atoms. The van der Waals surface area contributed by atoms with E-state index in [0.717, 1.165) is 13.1 Å². The van der Waals surface area contributed by atoms with Gasteiger partial charge in [-0.2, -0.15) is 0 Å². The van der Waals surface area contributed by atoms with Crippen LogP contribution in [0.3, 0.4) is 0 Å². The van der Waals surface area contributed by atoms with E-state index < -0.39 is 0 Å². The fraction of sp³-hybridized carbons (Fsp3) is 1.00. The summed E-state index contributed by atoms with van der Waals surface area (Å²) in [7, 11) is 0. The first-order valence-corrected chi connectivity index (χ1v) is 6.13. The molecule has 10 N–H and O–H groups in total. The summed E-state index contributed by atoms with van der Waals surface area (Å²) < 4.78 is 0. The lowest BCUT2D eigenvalue weighted by Crippen LogP contribution is -2.86. The number of hydrogen-bond donors (Lipinski definition) is 4. The van der Waals surface area contributed by atoms with Crippen LogP contribution in [-0.4, -0.2) is 39.3 Å². The molecule has 14 heavy (non-hydrogen) atoms. The van der Waals surface area contributed by atoms with Crippen molar-refractivity contribution in [1.29, 1.82) is 0 Å². The molecule has 0 heterocycles. The first-order chi connectivity index (χ1) is 6.91. The molecular formula is C10H30N4+4. The zero-order valence-electron chi connectivity index (χ0n) is 9.64. The SMILES string of the molecule is [NH3+]CCC[NH2+]CCCC[NH2+]CCC[NH3+]. The van der Waals surface area contributed by atoms with Gasteiger partial charge in [-0.05, 0) is 0 Å². The van der Waals surface area contributed by atoms with Gasteiger partial charge in [0.2, 0.25) is 0 Å². The summed E-state index contributed by atoms with van der Waals surface area (Å²) >= 11 is 0. The Morgan fingerprint density at radius 2 is 0.929 bits per heavy atom. The van der Waals surface area contributed by atoms with Crippen LogP contribution in [0.15, 0.2) is 0 Å². The molecule has 0 radical (unpaired) electrons. The summed E-state index contributed by atoms with van der Waals surface area (Å²) in [5.74, 6) is 0. The van der Waals surface area contributed by atoms with Crippen LogP contribution >= 0.6 is 0 Å². The van der Waals surface area contributed by atoms with Gasteiger partial charge in [0, 0.05) is 25.7 Å². The van der Waals surface area contributed by atoms with Crippen molar-refractivity contribution >= 4 is 0 Å². The van der Waals surface area contributed by atoms with E-state index in [-0.39, 0.29) is 0 Å². The van der Waals surface area contributed by atoms with E-state index in [4.69, 9.17) is 0 Å². The summed E-state index contributed by atoms with van der Waals surface area (Å²) in [6.07, 6.45) is 5.24. The van der Waals surface area contributed by atoms with Gasteiger partial charge < -0.3 is 22.1 Å². The van der Waals surface area contributed by atoms with Crippen LogP contribution in [0.25, 0.3) is 0 Å². The van der Waals surface area contributed by atoms with E-state index in [9.17, 15) is 0 Å². The predicted octanol–water partition coefficient (Wildman–Crippen LogP) is -3.84. The third-order valence-electron chi connectivity index (χ3n) is 2.38. The van der Waals surface area contributed by atoms with Gasteiger partial charge in [0.25, 0.3) is 0 Å². The maximum Gasteiger partial charge on any atom is 0.0809 e. The molecule has 0 aromatic heterocycles. The molecule has 4 nitrogen and oxygen atoms in total. The van der Waals surface area contributed by atoms with Crippen molar-refractivity contribution in [1.82, 2.24) is 0 Å². The van der Waals surface area contributed by atoms with Gasteiger partial charge in [0.1, 0.15) is 0 Å². The fourth-order valence-electron chi connectivity index (χ4n) is 1.44. The van der Waals surface area contributed by atoms with Gasteiger partial charge in [0.15, 0.2) is 0 Å². The van der Waals surface area contributed by atoms with Crippen LogP contribution < -0.4 is 22.1 Å². The zero-order valence-corrected chi connectivity index (χ0v) is 9.64. The van der Waals surface area contributed by atoms with Gasteiger partial charge in [0.05, 0.1) is 39.3 Å². The van der Waals surface area contributed by atoms with Crippen molar-refractivity contribution in [3.63, 3.8) is 0 Å². The Labute approximate surface area is 87.8 Å². The molecule has 0 amide bonds. The molecule has 0 aliphatic rings. The first-order valence-electron chi connectivity index (χ1n) is 6.13. The lowest BCUT2D eigenvalue weighted by molar-refractivity contribution is -0.666. The number of unbranched alkanes of at least 4 members (excludes halogenated alkanes) is 1. The predicted molar refractivity (Wildman–Crippen MR) is 57.3 cm³/mol. The highest BCUT2D eigenvalue weighted by atomic mass is 14.9. The first kappa shape index (κ1) is 13.8. The summed E-state index contributed by atoms with van der Waals surface area (Å²) in [6.45, 7) is 7.26. The normalized spacial score (nSPS) is 10.7. The Kier molecular flexibility index (Phi) is 12.7. The Bertz CT molecular complexity index is 86.1. The Balaban J connectivity index is 2.78. The van der Waals surface area contributed by atoms with Crippen LogP contribution in [0.5, 0.6) is 0 Å². The molecule has 0 saturated heterocycles. The smallest absolute Gasteiger partial charge is 0.0809 e. The van der Waals surface area contributed by atoms with E-state index in [1.807, 2.05) is 0 Å². The van der Waals surface area contributed by atoms with Crippen molar-refractivity contribution in [2.45, 2.75) is 25.7 Å². The van der Waals surface area contributed by atoms with E-state index in [0.29, 0.717) is 0 Å². The Morgan fingerprint density at radius 3 is 1.29 bits per heavy atom. The minimum Gasteiger partial charge on any atom is -0.357 e. The van der Waals surface area contributed by atoms with Crippen molar-refractivity contribution in [3.8, 4) is 0 Å². The minimum atomic E-state index is 1.08. The second kappa shape index (κ2) is 12.8. The molecule has 0 aliphatic carbocycles. The molecule has 0 aliphatic heterocycles. The quantitative estimate of drug-likeness (QED) is 0.250. The third-order valence-corrected chi connectivity index (χ3v) is 2.38. The molecule has 0 saturated carbocycles. The number of hydrogen-bond acceptors (Lipinski definition) is 0. The largest absolute Gasteiger partial charge is 0.357 e. The van der Waals surface area contributed by atoms with Crippen molar-refractivity contribution in [2.75, 3.05) is 39.3 Å². The summed E-state index contributed by atoms with van der Waals surface area (Å²) in [4.78, 5) is 0. The van der Waals surface area contributed by atoms with Crippen LogP contribution in [0.2, 0.25) is 0 Å². The lowest BCUT2D eigenvalue weighted by atomic mass is 10.3. The molecule has 0 atom stereocenters. The maximum absolute atomic E-state index is 3.83. The fourth-order valence-corrected chi connectivity index (χ4v) is 1.44. The number of rotatable bonds is 11. The second-order valence-corrected chi connectivity index (χ2v) is 3.85. The molecule has 0 rings (SSSR count). The van der Waals surface area contributed by atoms with Crippen LogP contribution in [-0.2, 0) is 0 Å². The van der Waals surface area contributed by atoms with Crippen LogP contribution in [0, 0.1) is 0 Å². The average molecular weight is 206 g/mol. The molecule has 0 fully saturated rings. The molecule has 86 valence electrons. The monoisotopic (exact) mass is 206 g/mol. The Morgan fingerprint density at radius 1 is 0.571 bits per heavy atom. The highest BCUT2D eigenvalue weighted by molar-refractivity contribution is 4.33. The van der Waals surface area contributed by atoms with E-state index in [1.54, 1.807) is 0 Å². The van der Waals surface area contributed by atoms with Gasteiger partial charge in [-0.25, -0.2) is 0 Å². The van der Waals surface area contributed by atoms with Gasteiger partial charge >= 0.3 is 0 Å². The standard InChI is InChI=1S/C10H26N4/c11-5-3-9-13-7-1-2-8-14-10-4-6-12/h13-14H,1-12H2/p+4. The Hall–Kier alpha value is -0.160. The second-order valence-electron chi connectivity index (χ2n) is 3.85.